The van der Waals surface area contributed by atoms with Crippen molar-refractivity contribution in [3.63, 3.8) is 0 Å². The molecule has 0 aliphatic heterocycles. The van der Waals surface area contributed by atoms with Gasteiger partial charge in [-0.2, -0.15) is 5.26 Å². The van der Waals surface area contributed by atoms with Crippen LogP contribution in [0.1, 0.15) is 55.5 Å². The van der Waals surface area contributed by atoms with E-state index in [4.69, 9.17) is 6.57 Å². The minimum absolute atomic E-state index is 0.323. The molecule has 0 saturated carbocycles. The average molecular weight is 713 g/mol. The highest BCUT2D eigenvalue weighted by Gasteiger charge is 2.40. The molecule has 262 valence electrons. The minimum atomic E-state index is -0.329. The van der Waals surface area contributed by atoms with E-state index >= 15 is 0 Å². The number of benzene rings is 9. The van der Waals surface area contributed by atoms with Gasteiger partial charge in [0, 0.05) is 16.2 Å². The van der Waals surface area contributed by atoms with Crippen molar-refractivity contribution < 1.29 is 0 Å². The first-order valence-electron chi connectivity index (χ1n) is 19.4. The first kappa shape index (κ1) is 32.4. The Balaban J connectivity index is 1.36. The van der Waals surface area contributed by atoms with Gasteiger partial charge in [-0.3, -0.25) is 0 Å². The third-order valence-corrected chi connectivity index (χ3v) is 13.1. The average Bonchev–Trinajstić information content (AvgIpc) is 3.60. The highest BCUT2D eigenvalue weighted by atomic mass is 14.6. The van der Waals surface area contributed by atoms with Crippen LogP contribution in [0.15, 0.2) is 146 Å². The van der Waals surface area contributed by atoms with Crippen LogP contribution in [-0.2, 0) is 10.8 Å². The van der Waals surface area contributed by atoms with E-state index in [9.17, 15) is 5.26 Å². The smallest absolute Gasteiger partial charge is 0.195 e. The number of rotatable bonds is 2. The Kier molecular flexibility index (Phi) is 6.53. The summed E-state index contributed by atoms with van der Waals surface area (Å²) in [4.78, 5) is 4.03. The molecule has 0 radical (unpaired) electrons. The summed E-state index contributed by atoms with van der Waals surface area (Å²) in [7, 11) is 0. The van der Waals surface area contributed by atoms with Gasteiger partial charge < -0.3 is 0 Å². The van der Waals surface area contributed by atoms with Crippen LogP contribution >= 0.6 is 0 Å². The fourth-order valence-electron chi connectivity index (χ4n) is 10.4. The first-order valence-corrected chi connectivity index (χ1v) is 19.4. The molecule has 0 heterocycles. The summed E-state index contributed by atoms with van der Waals surface area (Å²) >= 11 is 0. The van der Waals surface area contributed by atoms with Gasteiger partial charge in [0.1, 0.15) is 0 Å². The highest BCUT2D eigenvalue weighted by molar-refractivity contribution is 6.25. The van der Waals surface area contributed by atoms with E-state index in [2.05, 4.69) is 172 Å². The quantitative estimate of drug-likeness (QED) is 0.130. The molecule has 0 saturated heterocycles. The van der Waals surface area contributed by atoms with Crippen LogP contribution in [0.5, 0.6) is 0 Å². The molecule has 0 fully saturated rings. The maximum Gasteiger partial charge on any atom is 0.195 e. The summed E-state index contributed by atoms with van der Waals surface area (Å²) in [5.74, 6) is 0. The van der Waals surface area contributed by atoms with Crippen LogP contribution < -0.4 is 0 Å². The molecule has 0 N–H and O–H groups in total. The Bertz CT molecular complexity index is 3070. The minimum Gasteiger partial charge on any atom is -0.238 e. The lowest BCUT2D eigenvalue weighted by Gasteiger charge is -2.25. The molecule has 0 bridgehead atoms. The molecular weight excluding hydrogens is 677 g/mol. The Morgan fingerprint density at radius 1 is 0.429 bits per heavy atom. The van der Waals surface area contributed by atoms with Crippen LogP contribution in [0.3, 0.4) is 0 Å². The van der Waals surface area contributed by atoms with Crippen molar-refractivity contribution in [2.75, 3.05) is 0 Å². The maximum atomic E-state index is 10.3. The second-order valence-electron chi connectivity index (χ2n) is 16.6. The lowest BCUT2D eigenvalue weighted by atomic mass is 9.77. The molecule has 2 aliphatic rings. The Hall–Kier alpha value is -7.00. The SMILES string of the molecule is [C-]#[N+]c1cc2c(c3ccccc13)-c1cc3c(cc1C2(C)C)c(-c1ccccc1)c(-c1ccccc1)c1cc2c(cc13)-c1c(cc(C#N)c3ccccc13)C2(C)C. The lowest BCUT2D eigenvalue weighted by molar-refractivity contribution is 0.661. The number of nitrogens with zero attached hydrogens (tertiary/aromatic N) is 2. The van der Waals surface area contributed by atoms with Crippen molar-refractivity contribution in [2.45, 2.75) is 38.5 Å². The van der Waals surface area contributed by atoms with Crippen LogP contribution in [-0.4, -0.2) is 0 Å². The van der Waals surface area contributed by atoms with Crippen molar-refractivity contribution in [1.29, 1.82) is 5.26 Å². The number of hydrogen-bond donors (Lipinski definition) is 0. The van der Waals surface area contributed by atoms with E-state index in [0.717, 1.165) is 27.1 Å². The Morgan fingerprint density at radius 3 is 1.34 bits per heavy atom. The second-order valence-corrected chi connectivity index (χ2v) is 16.6. The summed E-state index contributed by atoms with van der Waals surface area (Å²) in [5, 5.41) is 19.5. The van der Waals surface area contributed by atoms with Gasteiger partial charge in [0.2, 0.25) is 0 Å². The van der Waals surface area contributed by atoms with Crippen molar-refractivity contribution in [2.24, 2.45) is 0 Å². The van der Waals surface area contributed by atoms with Crippen molar-refractivity contribution in [3.8, 4) is 50.6 Å². The lowest BCUT2D eigenvalue weighted by Crippen LogP contribution is -2.15. The molecule has 2 heteroatoms. The normalized spacial score (nSPS) is 14.3. The monoisotopic (exact) mass is 712 g/mol. The van der Waals surface area contributed by atoms with E-state index in [0.29, 0.717) is 5.69 Å². The molecule has 11 rings (SSSR count). The molecule has 0 spiro atoms. The van der Waals surface area contributed by atoms with Gasteiger partial charge in [-0.15, -0.1) is 0 Å². The highest BCUT2D eigenvalue weighted by Crippen LogP contribution is 2.58. The van der Waals surface area contributed by atoms with Gasteiger partial charge in [-0.1, -0.05) is 143 Å². The van der Waals surface area contributed by atoms with Gasteiger partial charge in [0.25, 0.3) is 0 Å². The van der Waals surface area contributed by atoms with Crippen molar-refractivity contribution in [3.05, 3.63) is 185 Å². The molecule has 9 aromatic carbocycles. The molecule has 0 unspecified atom stereocenters. The van der Waals surface area contributed by atoms with Gasteiger partial charge in [0.05, 0.1) is 18.2 Å². The predicted octanol–water partition coefficient (Wildman–Crippen LogP) is 14.7. The third-order valence-electron chi connectivity index (χ3n) is 13.1. The van der Waals surface area contributed by atoms with Crippen LogP contribution in [0.2, 0.25) is 0 Å². The van der Waals surface area contributed by atoms with Crippen molar-refractivity contribution >= 4 is 48.8 Å². The summed E-state index contributed by atoms with van der Waals surface area (Å²) in [5.41, 5.74) is 15.5. The second kappa shape index (κ2) is 11.3. The number of hydrogen-bond acceptors (Lipinski definition) is 1. The zero-order valence-electron chi connectivity index (χ0n) is 31.8. The van der Waals surface area contributed by atoms with E-state index < -0.39 is 0 Å². The van der Waals surface area contributed by atoms with E-state index in [1.165, 1.54) is 88.3 Å². The fraction of sp³-hybridized carbons (Fsp3) is 0.111. The van der Waals surface area contributed by atoms with Crippen LogP contribution in [0.4, 0.5) is 5.69 Å². The first-order chi connectivity index (χ1) is 27.2. The zero-order chi connectivity index (χ0) is 38.1. The summed E-state index contributed by atoms with van der Waals surface area (Å²) in [6.45, 7) is 17.4. The molecular formula is C54H36N2. The van der Waals surface area contributed by atoms with E-state index in [1.54, 1.807) is 0 Å². The fourth-order valence-corrected chi connectivity index (χ4v) is 10.4. The van der Waals surface area contributed by atoms with Crippen LogP contribution in [0.25, 0.3) is 92.4 Å². The Morgan fingerprint density at radius 2 is 0.857 bits per heavy atom. The van der Waals surface area contributed by atoms with Gasteiger partial charge in [-0.05, 0) is 135 Å². The summed E-state index contributed by atoms with van der Waals surface area (Å²) in [6.07, 6.45) is 0. The Labute approximate surface area is 326 Å². The molecule has 9 aromatic rings. The topological polar surface area (TPSA) is 28.1 Å². The number of nitriles is 1. The largest absolute Gasteiger partial charge is 0.238 e. The van der Waals surface area contributed by atoms with Gasteiger partial charge in [-0.25, -0.2) is 4.85 Å². The van der Waals surface area contributed by atoms with Crippen LogP contribution in [0, 0.1) is 17.9 Å². The maximum absolute atomic E-state index is 10.3. The summed E-state index contributed by atoms with van der Waals surface area (Å²) in [6, 6.07) is 55.3. The standard InChI is InChI=1S/C54H36N2/c1-53(2)44-27-40-38(25-42(44)51-36-22-14-12-20-34(36)33(30-55)24-46(51)53)39-26-43-45(54(3,4)47-29-48(56-5)35-21-13-15-23-37(35)52(43)47)28-41(39)50(32-18-10-7-11-19-32)49(40)31-16-8-6-9-17-31/h6-29H,1-4H3. The van der Waals surface area contributed by atoms with Crippen molar-refractivity contribution in [1.82, 2.24) is 0 Å². The molecule has 0 amide bonds. The zero-order valence-corrected chi connectivity index (χ0v) is 31.8. The van der Waals surface area contributed by atoms with Gasteiger partial charge in [0.15, 0.2) is 5.69 Å². The van der Waals surface area contributed by atoms with E-state index in [1.807, 2.05) is 12.1 Å². The number of fused-ring (bicyclic) bond motifs is 13. The molecule has 0 aromatic heterocycles. The molecule has 56 heavy (non-hydrogen) atoms. The van der Waals surface area contributed by atoms with E-state index in [-0.39, 0.29) is 10.8 Å². The van der Waals surface area contributed by atoms with Gasteiger partial charge >= 0.3 is 0 Å². The molecule has 2 nitrogen and oxygen atoms in total. The predicted molar refractivity (Wildman–Crippen MR) is 233 cm³/mol. The third kappa shape index (κ3) is 4.14. The summed E-state index contributed by atoms with van der Waals surface area (Å²) < 4.78 is 0. The molecule has 0 atom stereocenters. The molecule has 2 aliphatic carbocycles.